The molecule has 0 amide bonds. The Kier molecular flexibility index (Phi) is 2.73. The molecule has 0 radical (unpaired) electrons. The number of hydrogen-bond donors (Lipinski definition) is 1. The number of carbonyl (C=O) groups is 1. The average molecular weight is 170 g/mol. The van der Waals surface area contributed by atoms with E-state index in [1.807, 2.05) is 0 Å². The van der Waals surface area contributed by atoms with Gasteiger partial charge in [-0.25, -0.2) is 4.68 Å². The molecule has 6 nitrogen and oxygen atoms in total. The molecule has 1 N–H and O–H groups in total. The van der Waals surface area contributed by atoms with Crippen molar-refractivity contribution in [1.82, 2.24) is 20.2 Å². The Morgan fingerprint density at radius 1 is 1.67 bits per heavy atom. The minimum atomic E-state index is -0.787. The maximum Gasteiger partial charge on any atom is 0.303 e. The molecule has 0 aliphatic rings. The van der Waals surface area contributed by atoms with Gasteiger partial charge >= 0.3 is 5.97 Å². The number of hydrogen-bond acceptors (Lipinski definition) is 4. The van der Waals surface area contributed by atoms with Gasteiger partial charge in [0.15, 0.2) is 5.82 Å². The van der Waals surface area contributed by atoms with E-state index >= 15 is 0 Å². The van der Waals surface area contributed by atoms with Crippen molar-refractivity contribution in [3.05, 3.63) is 5.82 Å². The third-order valence-electron chi connectivity index (χ3n) is 1.50. The summed E-state index contributed by atoms with van der Waals surface area (Å²) in [7, 11) is 1.73. The highest BCUT2D eigenvalue weighted by Crippen LogP contribution is 1.98. The minimum absolute atomic E-state index is 0.160. The molecule has 1 aromatic rings. The number of carboxylic acid groups (broad SMARTS) is 1. The fraction of sp³-hybridized carbons (Fsp3) is 0.667. The maximum absolute atomic E-state index is 10.2. The highest BCUT2D eigenvalue weighted by molar-refractivity contribution is 5.66. The normalized spacial score (nSPS) is 10.1. The minimum Gasteiger partial charge on any atom is -0.481 e. The van der Waals surface area contributed by atoms with Gasteiger partial charge in [0.25, 0.3) is 0 Å². The summed E-state index contributed by atoms with van der Waals surface area (Å²) < 4.78 is 1.54. The average Bonchev–Trinajstić information content (AvgIpc) is 2.36. The van der Waals surface area contributed by atoms with Gasteiger partial charge in [0.05, 0.1) is 0 Å². The highest BCUT2D eigenvalue weighted by atomic mass is 16.4. The number of carboxylic acids is 1. The topological polar surface area (TPSA) is 80.9 Å². The Labute approximate surface area is 69.2 Å². The van der Waals surface area contributed by atoms with E-state index < -0.39 is 5.97 Å². The van der Waals surface area contributed by atoms with Crippen molar-refractivity contribution in [1.29, 1.82) is 0 Å². The van der Waals surface area contributed by atoms with E-state index in [4.69, 9.17) is 5.11 Å². The van der Waals surface area contributed by atoms with Crippen molar-refractivity contribution in [3.63, 3.8) is 0 Å². The molecule has 12 heavy (non-hydrogen) atoms. The van der Waals surface area contributed by atoms with E-state index in [1.165, 1.54) is 0 Å². The van der Waals surface area contributed by atoms with Crippen LogP contribution in [0, 0.1) is 0 Å². The van der Waals surface area contributed by atoms with Crippen LogP contribution in [0.5, 0.6) is 0 Å². The Morgan fingerprint density at radius 2 is 2.42 bits per heavy atom. The Bertz CT molecular complexity index is 270. The number of tetrazole rings is 1. The molecule has 0 saturated heterocycles. The summed E-state index contributed by atoms with van der Waals surface area (Å²) in [6, 6.07) is 0. The maximum atomic E-state index is 10.2. The standard InChI is InChI=1S/C6H10N4O2/c1-10-5(7-8-9-10)3-2-4-6(11)12/h2-4H2,1H3,(H,11,12). The molecular weight excluding hydrogens is 160 g/mol. The molecule has 0 atom stereocenters. The number of aryl methyl sites for hydroxylation is 2. The molecule has 0 spiro atoms. The van der Waals surface area contributed by atoms with Crippen molar-refractivity contribution >= 4 is 5.97 Å². The first-order chi connectivity index (χ1) is 5.70. The van der Waals surface area contributed by atoms with Crippen molar-refractivity contribution < 1.29 is 9.90 Å². The second-order valence-electron chi connectivity index (χ2n) is 2.47. The van der Waals surface area contributed by atoms with Gasteiger partial charge in [-0.05, 0) is 16.8 Å². The van der Waals surface area contributed by atoms with Crippen LogP contribution in [0.2, 0.25) is 0 Å². The van der Waals surface area contributed by atoms with Crippen LogP contribution in [0.1, 0.15) is 18.7 Å². The summed E-state index contributed by atoms with van der Waals surface area (Å²) in [5.41, 5.74) is 0. The summed E-state index contributed by atoms with van der Waals surface area (Å²) >= 11 is 0. The zero-order valence-corrected chi connectivity index (χ0v) is 6.77. The van der Waals surface area contributed by atoms with Crippen LogP contribution < -0.4 is 0 Å². The monoisotopic (exact) mass is 170 g/mol. The Morgan fingerprint density at radius 3 is 2.92 bits per heavy atom. The van der Waals surface area contributed by atoms with Gasteiger partial charge in [-0.1, -0.05) is 0 Å². The first kappa shape index (κ1) is 8.63. The predicted octanol–water partition coefficient (Wildman–Crippen LogP) is -0.383. The van der Waals surface area contributed by atoms with Crippen LogP contribution in [-0.2, 0) is 18.3 Å². The molecule has 0 aromatic carbocycles. The second kappa shape index (κ2) is 3.80. The van der Waals surface area contributed by atoms with Crippen molar-refractivity contribution in [2.24, 2.45) is 7.05 Å². The highest BCUT2D eigenvalue weighted by Gasteiger charge is 2.03. The molecule has 66 valence electrons. The quantitative estimate of drug-likeness (QED) is 0.666. The second-order valence-corrected chi connectivity index (χ2v) is 2.47. The first-order valence-electron chi connectivity index (χ1n) is 3.63. The molecular formula is C6H10N4O2. The van der Waals surface area contributed by atoms with E-state index in [-0.39, 0.29) is 6.42 Å². The van der Waals surface area contributed by atoms with Crippen molar-refractivity contribution in [2.45, 2.75) is 19.3 Å². The van der Waals surface area contributed by atoms with Gasteiger partial charge in [0, 0.05) is 19.9 Å². The van der Waals surface area contributed by atoms with Crippen LogP contribution in [0.15, 0.2) is 0 Å². The number of aromatic nitrogens is 4. The molecule has 0 saturated carbocycles. The third-order valence-corrected chi connectivity index (χ3v) is 1.50. The van der Waals surface area contributed by atoms with Crippen LogP contribution >= 0.6 is 0 Å². The van der Waals surface area contributed by atoms with Crippen molar-refractivity contribution in [2.75, 3.05) is 0 Å². The Hall–Kier alpha value is -1.46. The lowest BCUT2D eigenvalue weighted by Gasteiger charge is -1.95. The van der Waals surface area contributed by atoms with E-state index in [0.717, 1.165) is 5.82 Å². The van der Waals surface area contributed by atoms with Crippen LogP contribution in [0.4, 0.5) is 0 Å². The molecule has 0 bridgehead atoms. The summed E-state index contributed by atoms with van der Waals surface area (Å²) in [6.07, 6.45) is 1.34. The van der Waals surface area contributed by atoms with Gasteiger partial charge in [-0.15, -0.1) is 5.10 Å². The molecule has 0 aliphatic carbocycles. The number of aliphatic carboxylic acids is 1. The summed E-state index contributed by atoms with van der Waals surface area (Å²) in [5, 5.41) is 19.1. The fourth-order valence-corrected chi connectivity index (χ4v) is 0.857. The molecule has 0 aliphatic heterocycles. The van der Waals surface area contributed by atoms with Crippen LogP contribution in [-0.4, -0.2) is 31.3 Å². The molecule has 1 heterocycles. The predicted molar refractivity (Wildman–Crippen MR) is 39.4 cm³/mol. The van der Waals surface area contributed by atoms with Gasteiger partial charge in [0.1, 0.15) is 0 Å². The van der Waals surface area contributed by atoms with E-state index in [1.54, 1.807) is 11.7 Å². The largest absolute Gasteiger partial charge is 0.481 e. The molecule has 0 unspecified atom stereocenters. The van der Waals surface area contributed by atoms with E-state index in [2.05, 4.69) is 15.5 Å². The zero-order chi connectivity index (χ0) is 8.97. The van der Waals surface area contributed by atoms with Crippen molar-refractivity contribution in [3.8, 4) is 0 Å². The first-order valence-corrected chi connectivity index (χ1v) is 3.63. The smallest absolute Gasteiger partial charge is 0.303 e. The molecule has 1 aromatic heterocycles. The van der Waals surface area contributed by atoms with E-state index in [0.29, 0.717) is 12.8 Å². The molecule has 0 fully saturated rings. The molecule has 1 rings (SSSR count). The fourth-order valence-electron chi connectivity index (χ4n) is 0.857. The van der Waals surface area contributed by atoms with Gasteiger partial charge in [-0.2, -0.15) is 0 Å². The van der Waals surface area contributed by atoms with Gasteiger partial charge in [0.2, 0.25) is 0 Å². The SMILES string of the molecule is Cn1nnnc1CCCC(=O)O. The third kappa shape index (κ3) is 2.30. The number of rotatable bonds is 4. The van der Waals surface area contributed by atoms with Crippen LogP contribution in [0.3, 0.4) is 0 Å². The van der Waals surface area contributed by atoms with Gasteiger partial charge < -0.3 is 5.11 Å². The lowest BCUT2D eigenvalue weighted by atomic mass is 10.2. The number of nitrogens with zero attached hydrogens (tertiary/aromatic N) is 4. The summed E-state index contributed by atoms with van der Waals surface area (Å²) in [5.74, 6) is -0.0682. The zero-order valence-electron chi connectivity index (χ0n) is 6.77. The van der Waals surface area contributed by atoms with E-state index in [9.17, 15) is 4.79 Å². The lowest BCUT2D eigenvalue weighted by Crippen LogP contribution is -2.02. The Balaban J connectivity index is 2.33. The molecule has 6 heteroatoms. The summed E-state index contributed by atoms with van der Waals surface area (Å²) in [6.45, 7) is 0. The van der Waals surface area contributed by atoms with Gasteiger partial charge in [-0.3, -0.25) is 4.79 Å². The lowest BCUT2D eigenvalue weighted by molar-refractivity contribution is -0.137. The van der Waals surface area contributed by atoms with Crippen LogP contribution in [0.25, 0.3) is 0 Å². The summed E-state index contributed by atoms with van der Waals surface area (Å²) in [4.78, 5) is 10.2.